The molecule has 0 radical (unpaired) electrons. The van der Waals surface area contributed by atoms with Crippen LogP contribution in [0.5, 0.6) is 0 Å². The molecule has 6 nitrogen and oxygen atoms in total. The van der Waals surface area contributed by atoms with Crippen LogP contribution in [0.15, 0.2) is 41.6 Å². The average molecular weight is 402 g/mol. The molecule has 27 heavy (non-hydrogen) atoms. The van der Waals surface area contributed by atoms with Gasteiger partial charge in [0.15, 0.2) is 0 Å². The zero-order chi connectivity index (χ0) is 19.6. The molecular formula is C19H20ClN5OS. The first kappa shape index (κ1) is 19.4. The van der Waals surface area contributed by atoms with E-state index in [1.807, 2.05) is 45.9 Å². The van der Waals surface area contributed by atoms with E-state index in [0.717, 1.165) is 16.8 Å². The number of anilines is 1. The second-order valence-corrected chi connectivity index (χ2v) is 8.12. The lowest BCUT2D eigenvalue weighted by Crippen LogP contribution is -2.23. The predicted molar refractivity (Wildman–Crippen MR) is 109 cm³/mol. The van der Waals surface area contributed by atoms with Crippen molar-refractivity contribution in [3.63, 3.8) is 0 Å². The zero-order valence-corrected chi connectivity index (χ0v) is 17.1. The number of amides is 1. The summed E-state index contributed by atoms with van der Waals surface area (Å²) in [6, 6.07) is 11.5. The SMILES string of the molecule is Cc1ccc(-n2nnnc2SC(C)C(=O)Nc2cc(Cl)ccc2C)c(C)c1. The summed E-state index contributed by atoms with van der Waals surface area (Å²) in [5.41, 5.74) is 4.78. The number of benzene rings is 2. The fourth-order valence-corrected chi connectivity index (χ4v) is 3.59. The predicted octanol–water partition coefficient (Wildman–Crippen LogP) is 4.36. The van der Waals surface area contributed by atoms with Gasteiger partial charge >= 0.3 is 0 Å². The Kier molecular flexibility index (Phi) is 5.82. The van der Waals surface area contributed by atoms with Gasteiger partial charge in [0.2, 0.25) is 11.1 Å². The van der Waals surface area contributed by atoms with Crippen molar-refractivity contribution in [1.29, 1.82) is 0 Å². The third-order valence-electron chi connectivity index (χ3n) is 4.13. The molecule has 1 aromatic heterocycles. The molecule has 0 fully saturated rings. The molecule has 0 spiro atoms. The Labute approximate surface area is 167 Å². The Balaban J connectivity index is 1.77. The normalized spacial score (nSPS) is 12.0. The van der Waals surface area contributed by atoms with E-state index in [2.05, 4.69) is 26.9 Å². The third kappa shape index (κ3) is 4.48. The van der Waals surface area contributed by atoms with Crippen molar-refractivity contribution in [3.05, 3.63) is 58.1 Å². The summed E-state index contributed by atoms with van der Waals surface area (Å²) in [6.07, 6.45) is 0. The highest BCUT2D eigenvalue weighted by molar-refractivity contribution is 8.00. The third-order valence-corrected chi connectivity index (χ3v) is 5.40. The van der Waals surface area contributed by atoms with E-state index in [9.17, 15) is 4.79 Å². The summed E-state index contributed by atoms with van der Waals surface area (Å²) in [7, 11) is 0. The van der Waals surface area contributed by atoms with Gasteiger partial charge in [-0.2, -0.15) is 4.68 Å². The Bertz CT molecular complexity index is 988. The van der Waals surface area contributed by atoms with Gasteiger partial charge in [-0.1, -0.05) is 47.1 Å². The van der Waals surface area contributed by atoms with E-state index < -0.39 is 0 Å². The molecule has 1 atom stereocenters. The lowest BCUT2D eigenvalue weighted by molar-refractivity contribution is -0.115. The molecule has 1 heterocycles. The van der Waals surface area contributed by atoms with Gasteiger partial charge in [0.25, 0.3) is 0 Å². The lowest BCUT2D eigenvalue weighted by atomic mass is 10.1. The van der Waals surface area contributed by atoms with Crippen molar-refractivity contribution < 1.29 is 4.79 Å². The van der Waals surface area contributed by atoms with Gasteiger partial charge in [0.1, 0.15) is 0 Å². The topological polar surface area (TPSA) is 72.7 Å². The fraction of sp³-hybridized carbons (Fsp3) is 0.263. The summed E-state index contributed by atoms with van der Waals surface area (Å²) < 4.78 is 1.66. The van der Waals surface area contributed by atoms with Crippen LogP contribution >= 0.6 is 23.4 Å². The number of carbonyl (C=O) groups is 1. The van der Waals surface area contributed by atoms with Crippen LogP contribution < -0.4 is 5.32 Å². The Morgan fingerprint density at radius 1 is 1.15 bits per heavy atom. The quantitative estimate of drug-likeness (QED) is 0.643. The molecule has 0 aliphatic carbocycles. The van der Waals surface area contributed by atoms with Crippen molar-refractivity contribution in [3.8, 4) is 5.69 Å². The van der Waals surface area contributed by atoms with Crippen LogP contribution in [0.3, 0.4) is 0 Å². The summed E-state index contributed by atoms with van der Waals surface area (Å²) >= 11 is 7.33. The van der Waals surface area contributed by atoms with Crippen LogP contribution in [0, 0.1) is 20.8 Å². The number of tetrazole rings is 1. The largest absolute Gasteiger partial charge is 0.325 e. The van der Waals surface area contributed by atoms with Crippen molar-refractivity contribution >= 4 is 35.0 Å². The van der Waals surface area contributed by atoms with Crippen LogP contribution in [-0.2, 0) is 4.79 Å². The number of nitrogens with zero attached hydrogens (tertiary/aromatic N) is 4. The van der Waals surface area contributed by atoms with Crippen LogP contribution in [0.25, 0.3) is 5.69 Å². The van der Waals surface area contributed by atoms with Gasteiger partial charge in [-0.3, -0.25) is 4.79 Å². The molecule has 0 saturated heterocycles. The highest BCUT2D eigenvalue weighted by Gasteiger charge is 2.20. The van der Waals surface area contributed by atoms with Gasteiger partial charge in [0, 0.05) is 10.7 Å². The van der Waals surface area contributed by atoms with Crippen molar-refractivity contribution in [1.82, 2.24) is 20.2 Å². The maximum absolute atomic E-state index is 12.6. The summed E-state index contributed by atoms with van der Waals surface area (Å²) in [6.45, 7) is 7.79. The highest BCUT2D eigenvalue weighted by Crippen LogP contribution is 2.26. The maximum atomic E-state index is 12.6. The smallest absolute Gasteiger partial charge is 0.237 e. The molecule has 1 amide bonds. The summed E-state index contributed by atoms with van der Waals surface area (Å²) in [4.78, 5) is 12.6. The van der Waals surface area contributed by atoms with E-state index in [1.165, 1.54) is 17.3 Å². The van der Waals surface area contributed by atoms with E-state index in [0.29, 0.717) is 15.9 Å². The van der Waals surface area contributed by atoms with E-state index >= 15 is 0 Å². The number of aryl methyl sites for hydroxylation is 3. The summed E-state index contributed by atoms with van der Waals surface area (Å²) in [5, 5.41) is 15.6. The molecule has 0 bridgehead atoms. The van der Waals surface area contributed by atoms with Gasteiger partial charge in [-0.05, 0) is 67.4 Å². The van der Waals surface area contributed by atoms with Crippen LogP contribution in [-0.4, -0.2) is 31.4 Å². The monoisotopic (exact) mass is 401 g/mol. The second-order valence-electron chi connectivity index (χ2n) is 6.37. The molecular weight excluding hydrogens is 382 g/mol. The molecule has 2 aromatic carbocycles. The van der Waals surface area contributed by atoms with Gasteiger partial charge in [-0.25, -0.2) is 0 Å². The number of thioether (sulfide) groups is 1. The van der Waals surface area contributed by atoms with Gasteiger partial charge in [0.05, 0.1) is 10.9 Å². The molecule has 0 aliphatic heterocycles. The van der Waals surface area contributed by atoms with Crippen molar-refractivity contribution in [2.75, 3.05) is 5.32 Å². The molecule has 140 valence electrons. The van der Waals surface area contributed by atoms with Crippen LogP contribution in [0.4, 0.5) is 5.69 Å². The molecule has 3 aromatic rings. The van der Waals surface area contributed by atoms with Crippen LogP contribution in [0.1, 0.15) is 23.6 Å². The van der Waals surface area contributed by atoms with Gasteiger partial charge in [-0.15, -0.1) is 5.10 Å². The maximum Gasteiger partial charge on any atom is 0.237 e. The number of carbonyl (C=O) groups excluding carboxylic acids is 1. The summed E-state index contributed by atoms with van der Waals surface area (Å²) in [5.74, 6) is -0.138. The highest BCUT2D eigenvalue weighted by atomic mass is 35.5. The first-order chi connectivity index (χ1) is 12.8. The fourth-order valence-electron chi connectivity index (χ4n) is 2.62. The molecule has 0 aliphatic rings. The molecule has 1 N–H and O–H groups in total. The van der Waals surface area contributed by atoms with Gasteiger partial charge < -0.3 is 5.32 Å². The first-order valence-electron chi connectivity index (χ1n) is 8.45. The minimum atomic E-state index is -0.390. The van der Waals surface area contributed by atoms with E-state index in [4.69, 9.17) is 11.6 Å². The number of hydrogen-bond donors (Lipinski definition) is 1. The molecule has 3 rings (SSSR count). The Morgan fingerprint density at radius 2 is 1.93 bits per heavy atom. The Morgan fingerprint density at radius 3 is 2.67 bits per heavy atom. The van der Waals surface area contributed by atoms with Crippen molar-refractivity contribution in [2.24, 2.45) is 0 Å². The molecule has 0 saturated carbocycles. The molecule has 8 heteroatoms. The average Bonchev–Trinajstić information content (AvgIpc) is 3.06. The van der Waals surface area contributed by atoms with E-state index in [1.54, 1.807) is 16.8 Å². The number of halogens is 1. The Hall–Kier alpha value is -2.38. The minimum absolute atomic E-state index is 0.138. The second kappa shape index (κ2) is 8.10. The van der Waals surface area contributed by atoms with E-state index in [-0.39, 0.29) is 11.2 Å². The number of nitrogens with one attached hydrogen (secondary N) is 1. The van der Waals surface area contributed by atoms with Crippen LogP contribution in [0.2, 0.25) is 5.02 Å². The first-order valence-corrected chi connectivity index (χ1v) is 9.70. The standard InChI is InChI=1S/C19H20ClN5OS/c1-11-5-8-17(13(3)9-11)25-19(22-23-24-25)27-14(4)18(26)21-16-10-15(20)7-6-12(16)2/h5-10,14H,1-4H3,(H,21,26). The number of aromatic nitrogens is 4. The minimum Gasteiger partial charge on any atom is -0.325 e. The lowest BCUT2D eigenvalue weighted by Gasteiger charge is -2.14. The number of hydrogen-bond acceptors (Lipinski definition) is 5. The molecule has 1 unspecified atom stereocenters. The number of rotatable bonds is 5. The zero-order valence-electron chi connectivity index (χ0n) is 15.5. The van der Waals surface area contributed by atoms with Crippen molar-refractivity contribution in [2.45, 2.75) is 38.1 Å².